The van der Waals surface area contributed by atoms with Crippen molar-refractivity contribution in [1.82, 2.24) is 4.31 Å². The van der Waals surface area contributed by atoms with Crippen LogP contribution in [0.1, 0.15) is 19.4 Å². The molecule has 8 heteroatoms. The van der Waals surface area contributed by atoms with Crippen molar-refractivity contribution in [3.63, 3.8) is 0 Å². The van der Waals surface area contributed by atoms with Gasteiger partial charge < -0.3 is 0 Å². The van der Waals surface area contributed by atoms with E-state index in [1.165, 1.54) is 26.0 Å². The molecule has 0 saturated heterocycles. The average molecular weight is 344 g/mol. The van der Waals surface area contributed by atoms with E-state index >= 15 is 0 Å². The topological polar surface area (TPSA) is 37.4 Å². The number of aryl methyl sites for hydroxylation is 1. The molecule has 0 N–H and O–H groups in total. The van der Waals surface area contributed by atoms with Crippen LogP contribution in [0.4, 0.5) is 13.2 Å². The molecule has 0 fully saturated rings. The van der Waals surface area contributed by atoms with Crippen LogP contribution in [0.15, 0.2) is 29.2 Å². The molecule has 0 aromatic heterocycles. The van der Waals surface area contributed by atoms with Crippen molar-refractivity contribution in [2.24, 2.45) is 0 Å². The molecule has 21 heavy (non-hydrogen) atoms. The molecule has 1 aromatic carbocycles. The lowest BCUT2D eigenvalue weighted by atomic mass is 10.2. The smallest absolute Gasteiger partial charge is 0.207 e. The summed E-state index contributed by atoms with van der Waals surface area (Å²) in [6, 6.07) is 4.94. The maximum absolute atomic E-state index is 12.6. The number of rotatable bonds is 6. The van der Waals surface area contributed by atoms with Crippen LogP contribution in [-0.2, 0) is 16.4 Å². The Morgan fingerprint density at radius 2 is 1.71 bits per heavy atom. The van der Waals surface area contributed by atoms with E-state index < -0.39 is 28.8 Å². The zero-order valence-electron chi connectivity index (χ0n) is 11.7. The third kappa shape index (κ3) is 5.16. The lowest BCUT2D eigenvalue weighted by molar-refractivity contribution is -0.138. The summed E-state index contributed by atoms with van der Waals surface area (Å²) >= 11 is 5.58. The molecule has 0 spiro atoms. The number of benzene rings is 1. The second-order valence-electron chi connectivity index (χ2n) is 4.84. The van der Waals surface area contributed by atoms with Gasteiger partial charge in [0.2, 0.25) is 10.0 Å². The van der Waals surface area contributed by atoms with Crippen molar-refractivity contribution < 1.29 is 21.6 Å². The Kier molecular flexibility index (Phi) is 6.07. The van der Waals surface area contributed by atoms with Crippen LogP contribution >= 0.6 is 11.6 Å². The van der Waals surface area contributed by atoms with E-state index in [1.807, 2.05) is 0 Å². The SMILES string of the molecule is CC(C)N(CC(F)(F)F)S(=O)(=O)c1ccc(CCCl)cc1. The summed E-state index contributed by atoms with van der Waals surface area (Å²) in [7, 11) is -4.18. The van der Waals surface area contributed by atoms with Crippen LogP contribution in [0.25, 0.3) is 0 Å². The first-order chi connectivity index (χ1) is 9.58. The van der Waals surface area contributed by atoms with Crippen LogP contribution in [0, 0.1) is 0 Å². The Bertz CT molecular complexity index is 556. The average Bonchev–Trinajstić information content (AvgIpc) is 2.35. The van der Waals surface area contributed by atoms with Gasteiger partial charge in [0.25, 0.3) is 0 Å². The molecule has 0 aliphatic carbocycles. The van der Waals surface area contributed by atoms with E-state index in [9.17, 15) is 21.6 Å². The Morgan fingerprint density at radius 1 is 1.19 bits per heavy atom. The van der Waals surface area contributed by atoms with Crippen molar-refractivity contribution >= 4 is 21.6 Å². The van der Waals surface area contributed by atoms with E-state index in [4.69, 9.17) is 11.6 Å². The van der Waals surface area contributed by atoms with Gasteiger partial charge in [-0.3, -0.25) is 0 Å². The summed E-state index contributed by atoms with van der Waals surface area (Å²) in [6.07, 6.45) is -4.02. The first kappa shape index (κ1) is 18.3. The summed E-state index contributed by atoms with van der Waals surface area (Å²) in [5.41, 5.74) is 0.830. The van der Waals surface area contributed by atoms with E-state index in [0.717, 1.165) is 5.56 Å². The summed E-state index contributed by atoms with van der Waals surface area (Å²) < 4.78 is 62.8. The van der Waals surface area contributed by atoms with E-state index in [0.29, 0.717) is 16.6 Å². The van der Waals surface area contributed by atoms with Crippen LogP contribution < -0.4 is 0 Å². The minimum absolute atomic E-state index is 0.154. The lowest BCUT2D eigenvalue weighted by Gasteiger charge is -2.26. The summed E-state index contributed by atoms with van der Waals surface area (Å²) in [4.78, 5) is -0.154. The molecule has 1 rings (SSSR count). The van der Waals surface area contributed by atoms with Crippen LogP contribution in [0.3, 0.4) is 0 Å². The van der Waals surface area contributed by atoms with Gasteiger partial charge in [-0.1, -0.05) is 12.1 Å². The van der Waals surface area contributed by atoms with Crippen LogP contribution in [0.2, 0.25) is 0 Å². The number of halogens is 4. The number of nitrogens with zero attached hydrogens (tertiary/aromatic N) is 1. The monoisotopic (exact) mass is 343 g/mol. The van der Waals surface area contributed by atoms with Gasteiger partial charge in [-0.15, -0.1) is 11.6 Å². The largest absolute Gasteiger partial charge is 0.402 e. The normalized spacial score (nSPS) is 13.1. The highest BCUT2D eigenvalue weighted by Crippen LogP contribution is 2.25. The lowest BCUT2D eigenvalue weighted by Crippen LogP contribution is -2.43. The summed E-state index contributed by atoms with van der Waals surface area (Å²) in [5.74, 6) is 0.387. The molecular formula is C13H17ClF3NO2S. The molecule has 0 atom stereocenters. The molecule has 0 radical (unpaired) electrons. The van der Waals surface area contributed by atoms with Gasteiger partial charge in [0.1, 0.15) is 6.54 Å². The van der Waals surface area contributed by atoms with E-state index in [2.05, 4.69) is 0 Å². The summed E-state index contributed by atoms with van der Waals surface area (Å²) in [5, 5.41) is 0. The standard InChI is InChI=1S/C13H17ClF3NO2S/c1-10(2)18(9-13(15,16)17)21(19,20)12-5-3-11(4-6-12)7-8-14/h3-6,10H,7-9H2,1-2H3. The van der Waals surface area contributed by atoms with Gasteiger partial charge in [-0.2, -0.15) is 17.5 Å². The Balaban J connectivity index is 3.11. The fourth-order valence-corrected chi connectivity index (χ4v) is 3.63. The molecule has 1 aromatic rings. The molecule has 0 bridgehead atoms. The Morgan fingerprint density at radius 3 is 2.10 bits per heavy atom. The molecule has 120 valence electrons. The highest BCUT2D eigenvalue weighted by molar-refractivity contribution is 7.89. The van der Waals surface area contributed by atoms with Gasteiger partial charge in [0.05, 0.1) is 4.90 Å². The maximum atomic E-state index is 12.6. The van der Waals surface area contributed by atoms with Gasteiger partial charge in [-0.25, -0.2) is 8.42 Å². The van der Waals surface area contributed by atoms with Crippen molar-refractivity contribution in [2.75, 3.05) is 12.4 Å². The number of sulfonamides is 1. The van der Waals surface area contributed by atoms with E-state index in [-0.39, 0.29) is 4.90 Å². The van der Waals surface area contributed by atoms with Gasteiger partial charge in [0, 0.05) is 11.9 Å². The molecular weight excluding hydrogens is 327 g/mol. The first-order valence-electron chi connectivity index (χ1n) is 6.31. The first-order valence-corrected chi connectivity index (χ1v) is 8.29. The van der Waals surface area contributed by atoms with Crippen molar-refractivity contribution in [1.29, 1.82) is 0 Å². The number of alkyl halides is 4. The molecule has 0 saturated carbocycles. The summed E-state index contributed by atoms with van der Waals surface area (Å²) in [6.45, 7) is 1.31. The minimum Gasteiger partial charge on any atom is -0.207 e. The quantitative estimate of drug-likeness (QED) is 0.742. The van der Waals surface area contributed by atoms with Crippen molar-refractivity contribution in [3.8, 4) is 0 Å². The molecule has 3 nitrogen and oxygen atoms in total. The van der Waals surface area contributed by atoms with Gasteiger partial charge in [-0.05, 0) is 38.0 Å². The second kappa shape index (κ2) is 6.98. The highest BCUT2D eigenvalue weighted by atomic mass is 35.5. The Hall–Kier alpha value is -0.790. The number of hydrogen-bond donors (Lipinski definition) is 0. The van der Waals surface area contributed by atoms with Crippen molar-refractivity contribution in [2.45, 2.75) is 37.4 Å². The van der Waals surface area contributed by atoms with E-state index in [1.54, 1.807) is 12.1 Å². The molecule has 0 unspecified atom stereocenters. The maximum Gasteiger partial charge on any atom is 0.402 e. The fourth-order valence-electron chi connectivity index (χ4n) is 1.79. The Labute approximate surface area is 127 Å². The van der Waals surface area contributed by atoms with Crippen molar-refractivity contribution in [3.05, 3.63) is 29.8 Å². The zero-order chi connectivity index (χ0) is 16.3. The van der Waals surface area contributed by atoms with Crippen LogP contribution in [0.5, 0.6) is 0 Å². The minimum atomic E-state index is -4.59. The molecule has 0 aliphatic heterocycles. The predicted molar refractivity (Wildman–Crippen MR) is 75.9 cm³/mol. The number of hydrogen-bond acceptors (Lipinski definition) is 2. The second-order valence-corrected chi connectivity index (χ2v) is 7.11. The molecule has 0 amide bonds. The van der Waals surface area contributed by atoms with Crippen LogP contribution in [-0.4, -0.2) is 37.4 Å². The van der Waals surface area contributed by atoms with Gasteiger partial charge in [0.15, 0.2) is 0 Å². The molecule has 0 aliphatic rings. The third-order valence-electron chi connectivity index (χ3n) is 2.82. The van der Waals surface area contributed by atoms with Gasteiger partial charge >= 0.3 is 6.18 Å². The zero-order valence-corrected chi connectivity index (χ0v) is 13.3. The predicted octanol–water partition coefficient (Wildman–Crippen LogP) is 3.43. The fraction of sp³-hybridized carbons (Fsp3) is 0.538. The molecule has 0 heterocycles. The highest BCUT2D eigenvalue weighted by Gasteiger charge is 2.38. The third-order valence-corrected chi connectivity index (χ3v) is 5.05.